The van der Waals surface area contributed by atoms with E-state index in [1.165, 1.54) is 7.11 Å². The Morgan fingerprint density at radius 2 is 1.77 bits per heavy atom. The van der Waals surface area contributed by atoms with Crippen molar-refractivity contribution in [3.8, 4) is 11.1 Å². The van der Waals surface area contributed by atoms with Crippen molar-refractivity contribution in [2.75, 3.05) is 13.7 Å². The molecule has 3 aromatic rings. The van der Waals surface area contributed by atoms with Crippen LogP contribution in [0, 0.1) is 6.92 Å². The van der Waals surface area contributed by atoms with Crippen molar-refractivity contribution in [2.24, 2.45) is 0 Å². The number of cyclic esters (lactones) is 1. The molecule has 1 N–H and O–H groups in total. The molecule has 4 rings (SSSR count). The van der Waals surface area contributed by atoms with Crippen LogP contribution in [-0.2, 0) is 20.7 Å². The van der Waals surface area contributed by atoms with Crippen molar-refractivity contribution >= 4 is 17.8 Å². The Bertz CT molecular complexity index is 1300. The first-order valence-electron chi connectivity index (χ1n) is 13.3. The van der Waals surface area contributed by atoms with E-state index in [1.807, 2.05) is 61.5 Å². The number of methoxy groups -OCH3 is 1. The summed E-state index contributed by atoms with van der Waals surface area (Å²) in [6.45, 7) is 3.85. The molecule has 0 radical (unpaired) electrons. The van der Waals surface area contributed by atoms with Gasteiger partial charge in [0.15, 0.2) is 5.76 Å². The molecule has 2 heterocycles. The Balaban J connectivity index is 1.58. The topological polar surface area (TPSA) is 106 Å². The molecule has 1 aliphatic rings. The summed E-state index contributed by atoms with van der Waals surface area (Å²) < 4.78 is 16.9. The number of ether oxygens (including phenoxy) is 2. The predicted octanol–water partition coefficient (Wildman–Crippen LogP) is 5.66. The highest BCUT2D eigenvalue weighted by Crippen LogP contribution is 2.34. The Morgan fingerprint density at radius 1 is 1.03 bits per heavy atom. The highest BCUT2D eigenvalue weighted by molar-refractivity contribution is 6.14. The van der Waals surface area contributed by atoms with Crippen LogP contribution < -0.4 is 0 Å². The van der Waals surface area contributed by atoms with Gasteiger partial charge in [-0.15, -0.1) is 0 Å². The zero-order valence-electron chi connectivity index (χ0n) is 22.6. The SMILES string of the molecule is CO[C@H](C(=O)c1cc(-c2cccc(C)c2)c(CCCCCCO)o1)C(=O)N1C(=O)O[C@@H](c2ccccc2)[C@H]1C. The van der Waals surface area contributed by atoms with Gasteiger partial charge in [0.25, 0.3) is 5.91 Å². The quantitative estimate of drug-likeness (QED) is 0.182. The first-order chi connectivity index (χ1) is 18.8. The molecule has 0 aliphatic carbocycles. The number of nitrogens with zero attached hydrogens (tertiary/aromatic N) is 1. The maximum atomic E-state index is 13.6. The van der Waals surface area contributed by atoms with E-state index in [1.54, 1.807) is 13.0 Å². The summed E-state index contributed by atoms with van der Waals surface area (Å²) in [7, 11) is 1.26. The number of aliphatic hydroxyl groups is 1. The number of aliphatic hydroxyl groups excluding tert-OH is 1. The number of Topliss-reactive ketones (excluding diaryl/α,β-unsaturated/α-hetero) is 1. The van der Waals surface area contributed by atoms with E-state index in [9.17, 15) is 14.4 Å². The molecule has 2 amide bonds. The molecule has 2 aromatic carbocycles. The predicted molar refractivity (Wildman–Crippen MR) is 145 cm³/mol. The minimum Gasteiger partial charge on any atom is -0.457 e. The number of carbonyl (C=O) groups is 3. The van der Waals surface area contributed by atoms with Gasteiger partial charge in [-0.1, -0.05) is 73.0 Å². The number of imide groups is 1. The lowest BCUT2D eigenvalue weighted by Crippen LogP contribution is -2.47. The van der Waals surface area contributed by atoms with E-state index < -0.39 is 36.0 Å². The fraction of sp³-hybridized carbons (Fsp3) is 0.387. The molecule has 206 valence electrons. The fourth-order valence-electron chi connectivity index (χ4n) is 4.96. The molecule has 8 heteroatoms. The molecule has 39 heavy (non-hydrogen) atoms. The summed E-state index contributed by atoms with van der Waals surface area (Å²) >= 11 is 0. The Kier molecular flexibility index (Phi) is 9.32. The molecule has 1 fully saturated rings. The molecule has 3 atom stereocenters. The molecule has 0 spiro atoms. The summed E-state index contributed by atoms with van der Waals surface area (Å²) in [6.07, 6.45) is 0.942. The number of hydrogen-bond acceptors (Lipinski definition) is 7. The van der Waals surface area contributed by atoms with Gasteiger partial charge in [-0.2, -0.15) is 0 Å². The second-order valence-corrected chi connectivity index (χ2v) is 9.85. The van der Waals surface area contributed by atoms with Crippen molar-refractivity contribution < 1.29 is 33.4 Å². The van der Waals surface area contributed by atoms with Gasteiger partial charge >= 0.3 is 6.09 Å². The number of aryl methyl sites for hydroxylation is 2. The zero-order valence-corrected chi connectivity index (χ0v) is 22.6. The average molecular weight is 534 g/mol. The van der Waals surface area contributed by atoms with E-state index in [2.05, 4.69) is 0 Å². The third-order valence-corrected chi connectivity index (χ3v) is 7.03. The summed E-state index contributed by atoms with van der Waals surface area (Å²) in [6, 6.07) is 18.1. The molecule has 8 nitrogen and oxygen atoms in total. The first kappa shape index (κ1) is 28.3. The lowest BCUT2D eigenvalue weighted by molar-refractivity contribution is -0.137. The number of hydrogen-bond donors (Lipinski definition) is 1. The van der Waals surface area contributed by atoms with Gasteiger partial charge in [0.1, 0.15) is 11.9 Å². The van der Waals surface area contributed by atoms with Crippen molar-refractivity contribution in [1.82, 2.24) is 4.90 Å². The number of ketones is 1. The van der Waals surface area contributed by atoms with E-state index >= 15 is 0 Å². The minimum atomic E-state index is -1.57. The standard InChI is InChI=1S/C31H35NO7/c1-20-12-11-15-23(18-20)24-19-26(38-25(24)16-9-4-5-10-17-33)27(34)29(37-3)30(35)32-21(2)28(39-31(32)36)22-13-7-6-8-14-22/h6-8,11-15,18-19,21,28-29,33H,4-5,9-10,16-17H2,1-3H3/t21-,28-,29-/m1/s1. The van der Waals surface area contributed by atoms with Gasteiger partial charge in [-0.25, -0.2) is 9.69 Å². The number of amides is 2. The third-order valence-electron chi connectivity index (χ3n) is 7.03. The van der Waals surface area contributed by atoms with E-state index in [0.717, 1.165) is 52.8 Å². The Labute approximate surface area is 228 Å². The smallest absolute Gasteiger partial charge is 0.417 e. The summed E-state index contributed by atoms with van der Waals surface area (Å²) in [4.78, 5) is 40.7. The van der Waals surface area contributed by atoms with Crippen LogP contribution in [0.5, 0.6) is 0 Å². The van der Waals surface area contributed by atoms with Gasteiger partial charge in [-0.05, 0) is 43.9 Å². The fourth-order valence-corrected chi connectivity index (χ4v) is 4.96. The van der Waals surface area contributed by atoms with Crippen LogP contribution in [0.25, 0.3) is 11.1 Å². The monoisotopic (exact) mass is 533 g/mol. The molecule has 0 unspecified atom stereocenters. The van der Waals surface area contributed by atoms with Crippen LogP contribution in [0.15, 0.2) is 65.1 Å². The largest absolute Gasteiger partial charge is 0.457 e. The second-order valence-electron chi connectivity index (χ2n) is 9.85. The Hall–Kier alpha value is -3.75. The van der Waals surface area contributed by atoms with Crippen LogP contribution in [0.2, 0.25) is 0 Å². The van der Waals surface area contributed by atoms with Crippen molar-refractivity contribution in [3.05, 3.63) is 83.3 Å². The lowest BCUT2D eigenvalue weighted by Gasteiger charge is -2.22. The van der Waals surface area contributed by atoms with E-state index in [-0.39, 0.29) is 12.4 Å². The van der Waals surface area contributed by atoms with Crippen molar-refractivity contribution in [2.45, 2.75) is 64.2 Å². The highest BCUT2D eigenvalue weighted by atomic mass is 16.6. The molecular weight excluding hydrogens is 498 g/mol. The summed E-state index contributed by atoms with van der Waals surface area (Å²) in [5.74, 6) is -0.811. The number of rotatable bonds is 12. The van der Waals surface area contributed by atoms with Gasteiger partial charge in [0.2, 0.25) is 11.9 Å². The Morgan fingerprint density at radius 3 is 2.46 bits per heavy atom. The van der Waals surface area contributed by atoms with Crippen LogP contribution >= 0.6 is 0 Å². The number of unbranched alkanes of at least 4 members (excludes halogenated alkanes) is 3. The molecular formula is C31H35NO7. The molecule has 0 saturated carbocycles. The van der Waals surface area contributed by atoms with Crippen LogP contribution in [0.4, 0.5) is 4.79 Å². The molecule has 1 aliphatic heterocycles. The minimum absolute atomic E-state index is 0.00288. The maximum absolute atomic E-state index is 13.6. The third kappa shape index (κ3) is 6.29. The summed E-state index contributed by atoms with van der Waals surface area (Å²) in [5.41, 5.74) is 3.51. The first-order valence-corrected chi connectivity index (χ1v) is 13.3. The highest BCUT2D eigenvalue weighted by Gasteiger charge is 2.47. The van der Waals surface area contributed by atoms with Gasteiger partial charge in [-0.3, -0.25) is 9.59 Å². The maximum Gasteiger partial charge on any atom is 0.417 e. The van der Waals surface area contributed by atoms with E-state index in [4.69, 9.17) is 19.0 Å². The normalized spacial score (nSPS) is 17.7. The molecule has 1 saturated heterocycles. The van der Waals surface area contributed by atoms with Crippen molar-refractivity contribution in [1.29, 1.82) is 0 Å². The lowest BCUT2D eigenvalue weighted by atomic mass is 10.00. The zero-order chi connectivity index (χ0) is 27.9. The van der Waals surface area contributed by atoms with Crippen molar-refractivity contribution in [3.63, 3.8) is 0 Å². The number of carbonyl (C=O) groups excluding carboxylic acids is 3. The van der Waals surface area contributed by atoms with Crippen LogP contribution in [-0.4, -0.2) is 53.7 Å². The average Bonchev–Trinajstić information content (AvgIpc) is 3.49. The number of furan rings is 1. The van der Waals surface area contributed by atoms with E-state index in [0.29, 0.717) is 12.2 Å². The van der Waals surface area contributed by atoms with Crippen LogP contribution in [0.1, 0.15) is 66.2 Å². The molecule has 1 aromatic heterocycles. The molecule has 0 bridgehead atoms. The van der Waals surface area contributed by atoms with Gasteiger partial charge < -0.3 is 19.0 Å². The van der Waals surface area contributed by atoms with Gasteiger partial charge in [0, 0.05) is 25.7 Å². The van der Waals surface area contributed by atoms with Crippen LogP contribution in [0.3, 0.4) is 0 Å². The summed E-state index contributed by atoms with van der Waals surface area (Å²) in [5, 5.41) is 9.04. The van der Waals surface area contributed by atoms with Gasteiger partial charge in [0.05, 0.1) is 6.04 Å². The second kappa shape index (κ2) is 12.9. The number of benzene rings is 2.